The molecule has 0 aromatic carbocycles. The van der Waals surface area contributed by atoms with Gasteiger partial charge in [-0.25, -0.2) is 3.11 Å². The van der Waals surface area contributed by atoms with E-state index in [2.05, 4.69) is 33.2 Å². The minimum absolute atomic E-state index is 0.0121. The first-order valence-corrected chi connectivity index (χ1v) is 4.34. The number of aromatic amines is 1. The fraction of sp³-hybridized carbons (Fsp3) is 0.333. The number of hydrogen-bond acceptors (Lipinski definition) is 3. The summed E-state index contributed by atoms with van der Waals surface area (Å²) in [7, 11) is 0. The van der Waals surface area contributed by atoms with E-state index in [9.17, 15) is 0 Å². The molecule has 0 radical (unpaired) electrons. The van der Waals surface area contributed by atoms with Gasteiger partial charge in [0.25, 0.3) is 0 Å². The summed E-state index contributed by atoms with van der Waals surface area (Å²) in [5, 5.41) is 3.23. The Morgan fingerprint density at radius 1 is 1.64 bits per heavy atom. The zero-order valence-corrected chi connectivity index (χ0v) is 8.00. The SMILES string of the molecule is NC1c2c[nH]cc2NCN1I. The van der Waals surface area contributed by atoms with Gasteiger partial charge in [0.2, 0.25) is 0 Å². The van der Waals surface area contributed by atoms with Gasteiger partial charge in [-0.15, -0.1) is 0 Å². The highest BCUT2D eigenvalue weighted by Gasteiger charge is 2.22. The maximum Gasteiger partial charge on any atom is 0.0976 e. The van der Waals surface area contributed by atoms with Gasteiger partial charge < -0.3 is 16.0 Å². The predicted octanol–water partition coefficient (Wildman–Crippen LogP) is 1.01. The van der Waals surface area contributed by atoms with Gasteiger partial charge in [0.15, 0.2) is 0 Å². The van der Waals surface area contributed by atoms with Crippen LogP contribution in [0.25, 0.3) is 0 Å². The van der Waals surface area contributed by atoms with Gasteiger partial charge in [-0.2, -0.15) is 0 Å². The van der Waals surface area contributed by atoms with Gasteiger partial charge >= 0.3 is 0 Å². The van der Waals surface area contributed by atoms with Crippen LogP contribution in [0.15, 0.2) is 12.4 Å². The van der Waals surface area contributed by atoms with Crippen LogP contribution in [0.1, 0.15) is 11.7 Å². The number of nitrogens with zero attached hydrogens (tertiary/aromatic N) is 1. The number of nitrogens with two attached hydrogens (primary N) is 1. The van der Waals surface area contributed by atoms with Crippen molar-refractivity contribution >= 4 is 28.6 Å². The molecule has 0 aliphatic carbocycles. The summed E-state index contributed by atoms with van der Waals surface area (Å²) in [5.74, 6) is 0. The molecule has 0 saturated carbocycles. The minimum atomic E-state index is 0.0121. The van der Waals surface area contributed by atoms with Crippen LogP contribution >= 0.6 is 22.9 Å². The third kappa shape index (κ3) is 1.13. The summed E-state index contributed by atoms with van der Waals surface area (Å²) in [6.45, 7) is 0.798. The smallest absolute Gasteiger partial charge is 0.0976 e. The number of hydrogen-bond donors (Lipinski definition) is 3. The maximum absolute atomic E-state index is 5.89. The first-order chi connectivity index (χ1) is 5.29. The molecule has 11 heavy (non-hydrogen) atoms. The lowest BCUT2D eigenvalue weighted by Crippen LogP contribution is -2.34. The Morgan fingerprint density at radius 2 is 2.45 bits per heavy atom. The Hall–Kier alpha value is -0.270. The minimum Gasteiger partial charge on any atom is -0.370 e. The van der Waals surface area contributed by atoms with Crippen LogP contribution in [0.4, 0.5) is 5.69 Å². The van der Waals surface area contributed by atoms with E-state index < -0.39 is 0 Å². The van der Waals surface area contributed by atoms with Crippen molar-refractivity contribution in [3.8, 4) is 0 Å². The van der Waals surface area contributed by atoms with E-state index in [1.165, 1.54) is 0 Å². The lowest BCUT2D eigenvalue weighted by Gasteiger charge is -2.28. The van der Waals surface area contributed by atoms with E-state index in [0.717, 1.165) is 17.9 Å². The molecule has 5 heteroatoms. The largest absolute Gasteiger partial charge is 0.370 e. The van der Waals surface area contributed by atoms with Gasteiger partial charge in [0, 0.05) is 40.8 Å². The molecular weight excluding hydrogens is 255 g/mol. The monoisotopic (exact) mass is 264 g/mol. The zero-order chi connectivity index (χ0) is 7.84. The number of rotatable bonds is 0. The average Bonchev–Trinajstić information content (AvgIpc) is 2.45. The highest BCUT2D eigenvalue weighted by atomic mass is 127. The van der Waals surface area contributed by atoms with Crippen molar-refractivity contribution in [2.24, 2.45) is 5.73 Å². The first kappa shape index (κ1) is 7.38. The van der Waals surface area contributed by atoms with Gasteiger partial charge in [-0.1, -0.05) is 0 Å². The summed E-state index contributed by atoms with van der Waals surface area (Å²) >= 11 is 2.21. The molecular formula is C6H9IN4. The second kappa shape index (κ2) is 2.65. The summed E-state index contributed by atoms with van der Waals surface area (Å²) < 4.78 is 2.02. The van der Waals surface area contributed by atoms with Crippen molar-refractivity contribution < 1.29 is 0 Å². The van der Waals surface area contributed by atoms with E-state index in [1.807, 2.05) is 15.5 Å². The van der Waals surface area contributed by atoms with E-state index in [0.29, 0.717) is 0 Å². The van der Waals surface area contributed by atoms with E-state index in [1.54, 1.807) is 0 Å². The molecule has 0 spiro atoms. The Kier molecular flexibility index (Phi) is 1.78. The molecule has 1 atom stereocenters. The molecule has 1 aliphatic rings. The summed E-state index contributed by atoms with van der Waals surface area (Å²) in [4.78, 5) is 3.02. The maximum atomic E-state index is 5.89. The number of fused-ring (bicyclic) bond motifs is 1. The van der Waals surface area contributed by atoms with Gasteiger partial charge in [0.05, 0.1) is 18.5 Å². The first-order valence-electron chi connectivity index (χ1n) is 3.37. The second-order valence-electron chi connectivity index (χ2n) is 2.50. The lowest BCUT2D eigenvalue weighted by atomic mass is 10.2. The number of halogens is 1. The van der Waals surface area contributed by atoms with Crippen LogP contribution in [0.2, 0.25) is 0 Å². The van der Waals surface area contributed by atoms with Crippen molar-refractivity contribution in [2.75, 3.05) is 12.0 Å². The van der Waals surface area contributed by atoms with Gasteiger partial charge in [0.1, 0.15) is 0 Å². The van der Waals surface area contributed by atoms with E-state index >= 15 is 0 Å². The molecule has 2 rings (SSSR count). The zero-order valence-electron chi connectivity index (χ0n) is 5.84. The molecule has 4 N–H and O–H groups in total. The van der Waals surface area contributed by atoms with Crippen molar-refractivity contribution in [1.82, 2.24) is 8.10 Å². The van der Waals surface area contributed by atoms with Crippen molar-refractivity contribution in [3.63, 3.8) is 0 Å². The Bertz CT molecular complexity index is 259. The van der Waals surface area contributed by atoms with Crippen LogP contribution in [0.5, 0.6) is 0 Å². The average molecular weight is 264 g/mol. The van der Waals surface area contributed by atoms with E-state index in [-0.39, 0.29) is 6.17 Å². The third-order valence-corrected chi connectivity index (χ3v) is 2.76. The number of anilines is 1. The number of aromatic nitrogens is 1. The molecule has 4 nitrogen and oxygen atoms in total. The van der Waals surface area contributed by atoms with Crippen LogP contribution in [0.3, 0.4) is 0 Å². The standard InChI is InChI=1S/C6H9IN4/c7-11-3-10-5-2-9-1-4(5)6(11)8/h1-2,6,9-10H,3,8H2. The summed E-state index contributed by atoms with van der Waals surface area (Å²) in [5.41, 5.74) is 8.14. The van der Waals surface area contributed by atoms with Crippen LogP contribution < -0.4 is 11.1 Å². The topological polar surface area (TPSA) is 57.1 Å². The third-order valence-electron chi connectivity index (χ3n) is 1.82. The molecule has 1 aromatic heterocycles. The van der Waals surface area contributed by atoms with Crippen LogP contribution in [-0.4, -0.2) is 14.8 Å². The molecule has 0 amide bonds. The van der Waals surface area contributed by atoms with Gasteiger partial charge in [-0.3, -0.25) is 0 Å². The molecule has 1 aromatic rings. The number of nitrogens with one attached hydrogen (secondary N) is 2. The normalized spacial score (nSPS) is 24.4. The second-order valence-corrected chi connectivity index (χ2v) is 3.74. The molecule has 0 fully saturated rings. The predicted molar refractivity (Wildman–Crippen MR) is 52.1 cm³/mol. The fourth-order valence-corrected chi connectivity index (χ4v) is 1.65. The van der Waals surface area contributed by atoms with Crippen molar-refractivity contribution in [2.45, 2.75) is 6.17 Å². The molecule has 2 heterocycles. The molecule has 1 unspecified atom stereocenters. The Balaban J connectivity index is 2.38. The Labute approximate surface area is 78.6 Å². The Morgan fingerprint density at radius 3 is 3.27 bits per heavy atom. The van der Waals surface area contributed by atoms with Crippen molar-refractivity contribution in [1.29, 1.82) is 0 Å². The summed E-state index contributed by atoms with van der Waals surface area (Å²) in [6, 6.07) is 0. The lowest BCUT2D eigenvalue weighted by molar-refractivity contribution is 0.411. The molecule has 1 aliphatic heterocycles. The van der Waals surface area contributed by atoms with Crippen LogP contribution in [-0.2, 0) is 0 Å². The molecule has 0 bridgehead atoms. The highest BCUT2D eigenvalue weighted by Crippen LogP contribution is 2.29. The highest BCUT2D eigenvalue weighted by molar-refractivity contribution is 14.1. The fourth-order valence-electron chi connectivity index (χ4n) is 1.18. The molecule has 60 valence electrons. The molecule has 0 saturated heterocycles. The number of H-pyrrole nitrogens is 1. The van der Waals surface area contributed by atoms with Crippen molar-refractivity contribution in [3.05, 3.63) is 18.0 Å². The van der Waals surface area contributed by atoms with E-state index in [4.69, 9.17) is 5.73 Å². The van der Waals surface area contributed by atoms with Gasteiger partial charge in [-0.05, 0) is 0 Å². The quantitative estimate of drug-likeness (QED) is 0.484. The van der Waals surface area contributed by atoms with Crippen LogP contribution in [0, 0.1) is 0 Å². The summed E-state index contributed by atoms with van der Waals surface area (Å²) in [6.07, 6.45) is 3.87.